The molecule has 2 N–H and O–H groups in total. The molecule has 3 nitrogen and oxygen atoms in total. The zero-order chi connectivity index (χ0) is 10.8. The van der Waals surface area contributed by atoms with E-state index < -0.39 is 0 Å². The molecule has 0 radical (unpaired) electrons. The summed E-state index contributed by atoms with van der Waals surface area (Å²) in [4.78, 5) is 0. The first-order valence-corrected chi connectivity index (χ1v) is 4.72. The summed E-state index contributed by atoms with van der Waals surface area (Å²) in [5.41, 5.74) is 7.98. The molecule has 0 aliphatic rings. The van der Waals surface area contributed by atoms with Crippen molar-refractivity contribution in [1.82, 2.24) is 5.16 Å². The van der Waals surface area contributed by atoms with Crippen molar-refractivity contribution in [2.75, 3.05) is 5.73 Å². The number of benzene rings is 1. The van der Waals surface area contributed by atoms with Crippen molar-refractivity contribution in [3.05, 3.63) is 35.6 Å². The van der Waals surface area contributed by atoms with Crippen LogP contribution in [0.15, 0.2) is 28.8 Å². The third kappa shape index (κ3) is 1.70. The number of rotatable bonds is 2. The maximum atomic E-state index is 12.7. The molecule has 0 bridgehead atoms. The maximum Gasteiger partial charge on any atom is 0.225 e. The summed E-state index contributed by atoms with van der Waals surface area (Å²) in [6, 6.07) is 6.09. The van der Waals surface area contributed by atoms with Gasteiger partial charge in [-0.2, -0.15) is 0 Å². The van der Waals surface area contributed by atoms with Gasteiger partial charge in [0.15, 0.2) is 0 Å². The van der Waals surface area contributed by atoms with Gasteiger partial charge in [-0.3, -0.25) is 0 Å². The summed E-state index contributed by atoms with van der Waals surface area (Å²) in [6.45, 7) is 1.97. The average Bonchev–Trinajstić information content (AvgIpc) is 2.61. The van der Waals surface area contributed by atoms with Gasteiger partial charge >= 0.3 is 0 Å². The summed E-state index contributed by atoms with van der Waals surface area (Å²) in [5.74, 6) is 0.0603. The largest absolute Gasteiger partial charge is 0.367 e. The highest BCUT2D eigenvalue weighted by Crippen LogP contribution is 2.27. The van der Waals surface area contributed by atoms with Crippen LogP contribution < -0.4 is 5.73 Å². The van der Waals surface area contributed by atoms with Gasteiger partial charge < -0.3 is 10.3 Å². The molecule has 15 heavy (non-hydrogen) atoms. The van der Waals surface area contributed by atoms with E-state index in [0.29, 0.717) is 11.6 Å². The standard InChI is InChI=1S/C11H11FN2O/c1-2-9-10(14-15-11(9)13)7-3-5-8(12)6-4-7/h3-6H,2,13H2,1H3. The SMILES string of the molecule is CCc1c(-c2ccc(F)cc2)noc1N. The third-order valence-electron chi connectivity index (χ3n) is 2.29. The van der Waals surface area contributed by atoms with Crippen molar-refractivity contribution in [2.24, 2.45) is 0 Å². The van der Waals surface area contributed by atoms with Crippen LogP contribution in [0.25, 0.3) is 11.3 Å². The van der Waals surface area contributed by atoms with Crippen molar-refractivity contribution in [3.8, 4) is 11.3 Å². The number of nitrogen functional groups attached to an aromatic ring is 1. The lowest BCUT2D eigenvalue weighted by atomic mass is 10.1. The molecule has 1 aromatic carbocycles. The Balaban J connectivity index is 2.49. The molecule has 0 unspecified atom stereocenters. The van der Waals surface area contributed by atoms with Gasteiger partial charge in [0.2, 0.25) is 5.88 Å². The first kappa shape index (κ1) is 9.71. The zero-order valence-corrected chi connectivity index (χ0v) is 8.33. The van der Waals surface area contributed by atoms with E-state index in [1.165, 1.54) is 12.1 Å². The lowest BCUT2D eigenvalue weighted by molar-refractivity contribution is 0.438. The summed E-state index contributed by atoms with van der Waals surface area (Å²) in [7, 11) is 0. The Morgan fingerprint density at radius 2 is 2.00 bits per heavy atom. The average molecular weight is 206 g/mol. The lowest BCUT2D eigenvalue weighted by Gasteiger charge is -1.98. The zero-order valence-electron chi connectivity index (χ0n) is 8.33. The number of nitrogens with zero attached hydrogens (tertiary/aromatic N) is 1. The first-order valence-electron chi connectivity index (χ1n) is 4.72. The van der Waals surface area contributed by atoms with Crippen LogP contribution in [0, 0.1) is 5.82 Å². The van der Waals surface area contributed by atoms with Crippen molar-refractivity contribution in [3.63, 3.8) is 0 Å². The lowest BCUT2D eigenvalue weighted by Crippen LogP contribution is -1.89. The van der Waals surface area contributed by atoms with Gasteiger partial charge in [0.25, 0.3) is 0 Å². The van der Waals surface area contributed by atoms with E-state index in [2.05, 4.69) is 5.16 Å². The minimum Gasteiger partial charge on any atom is -0.367 e. The smallest absolute Gasteiger partial charge is 0.225 e. The van der Waals surface area contributed by atoms with Gasteiger partial charge in [-0.1, -0.05) is 12.1 Å². The van der Waals surface area contributed by atoms with Crippen LogP contribution in [-0.4, -0.2) is 5.16 Å². The van der Waals surface area contributed by atoms with Gasteiger partial charge in [0.1, 0.15) is 11.5 Å². The fourth-order valence-corrected chi connectivity index (χ4v) is 1.50. The highest BCUT2D eigenvalue weighted by Gasteiger charge is 2.13. The summed E-state index contributed by atoms with van der Waals surface area (Å²) in [5, 5.41) is 3.86. The van der Waals surface area contributed by atoms with Gasteiger partial charge in [-0.25, -0.2) is 4.39 Å². The summed E-state index contributed by atoms with van der Waals surface area (Å²) >= 11 is 0. The molecule has 1 aromatic heterocycles. The molecule has 0 saturated heterocycles. The Kier molecular flexibility index (Phi) is 2.41. The quantitative estimate of drug-likeness (QED) is 0.821. The van der Waals surface area contributed by atoms with Crippen molar-refractivity contribution in [2.45, 2.75) is 13.3 Å². The van der Waals surface area contributed by atoms with Crippen molar-refractivity contribution in [1.29, 1.82) is 0 Å². The molecule has 4 heteroatoms. The van der Waals surface area contributed by atoms with Crippen molar-refractivity contribution < 1.29 is 8.91 Å². The predicted molar refractivity (Wildman–Crippen MR) is 55.7 cm³/mol. The number of aromatic nitrogens is 1. The van der Waals surface area contributed by atoms with Crippen molar-refractivity contribution >= 4 is 5.88 Å². The van der Waals surface area contributed by atoms with E-state index in [-0.39, 0.29) is 5.82 Å². The molecule has 78 valence electrons. The Bertz CT molecular complexity index is 462. The van der Waals surface area contributed by atoms with Crippen LogP contribution in [-0.2, 0) is 6.42 Å². The third-order valence-corrected chi connectivity index (χ3v) is 2.29. The Hall–Kier alpha value is -1.84. The molecular formula is C11H11FN2O. The van der Waals surface area contributed by atoms with Gasteiger partial charge in [-0.05, 0) is 30.7 Å². The van der Waals surface area contributed by atoms with Crippen LogP contribution in [0.4, 0.5) is 10.3 Å². The Labute approximate surface area is 86.7 Å². The second-order valence-corrected chi connectivity index (χ2v) is 3.23. The highest BCUT2D eigenvalue weighted by molar-refractivity contribution is 5.66. The number of nitrogens with two attached hydrogens (primary N) is 1. The second-order valence-electron chi connectivity index (χ2n) is 3.23. The first-order chi connectivity index (χ1) is 7.22. The molecule has 0 saturated carbocycles. The van der Waals surface area contributed by atoms with Gasteiger partial charge in [0.05, 0.1) is 0 Å². The number of halogens is 1. The topological polar surface area (TPSA) is 52.0 Å². The minimum absolute atomic E-state index is 0.270. The van der Waals surface area contributed by atoms with E-state index in [1.807, 2.05) is 6.92 Å². The summed E-state index contributed by atoms with van der Waals surface area (Å²) < 4.78 is 17.6. The van der Waals surface area contributed by atoms with Crippen LogP contribution >= 0.6 is 0 Å². The van der Waals surface area contributed by atoms with Crippen LogP contribution in [0.2, 0.25) is 0 Å². The molecule has 0 aliphatic heterocycles. The van der Waals surface area contributed by atoms with Crippen LogP contribution in [0.3, 0.4) is 0 Å². The van der Waals surface area contributed by atoms with E-state index in [9.17, 15) is 4.39 Å². The Morgan fingerprint density at radius 3 is 2.60 bits per heavy atom. The summed E-state index contributed by atoms with van der Waals surface area (Å²) in [6.07, 6.45) is 0.738. The normalized spacial score (nSPS) is 10.5. The molecule has 1 heterocycles. The molecule has 2 aromatic rings. The predicted octanol–water partition coefficient (Wildman–Crippen LogP) is 2.63. The highest BCUT2D eigenvalue weighted by atomic mass is 19.1. The molecule has 0 amide bonds. The number of hydrogen-bond donors (Lipinski definition) is 1. The second kappa shape index (κ2) is 3.73. The number of anilines is 1. The van der Waals surface area contributed by atoms with E-state index >= 15 is 0 Å². The maximum absolute atomic E-state index is 12.7. The number of hydrogen-bond acceptors (Lipinski definition) is 3. The minimum atomic E-state index is -0.270. The van der Waals surface area contributed by atoms with E-state index in [1.54, 1.807) is 12.1 Å². The molecule has 0 fully saturated rings. The van der Waals surface area contributed by atoms with Crippen LogP contribution in [0.1, 0.15) is 12.5 Å². The molecule has 0 spiro atoms. The fraction of sp³-hybridized carbons (Fsp3) is 0.182. The monoisotopic (exact) mass is 206 g/mol. The van der Waals surface area contributed by atoms with Gasteiger partial charge in [0, 0.05) is 11.1 Å². The fourth-order valence-electron chi connectivity index (χ4n) is 1.50. The Morgan fingerprint density at radius 1 is 1.33 bits per heavy atom. The van der Waals surface area contributed by atoms with Crippen LogP contribution in [0.5, 0.6) is 0 Å². The molecule has 2 rings (SSSR count). The molecule has 0 aliphatic carbocycles. The molecular weight excluding hydrogens is 195 g/mol. The van der Waals surface area contributed by atoms with E-state index in [4.69, 9.17) is 10.3 Å². The van der Waals surface area contributed by atoms with Gasteiger partial charge in [-0.15, -0.1) is 0 Å². The van der Waals surface area contributed by atoms with E-state index in [0.717, 1.165) is 17.5 Å². The molecule has 0 atom stereocenters.